The first-order valence-corrected chi connectivity index (χ1v) is 17.6. The van der Waals surface area contributed by atoms with Crippen LogP contribution in [0, 0.1) is 23.7 Å². The Labute approximate surface area is 293 Å². The number of carbonyl (C=O) groups is 6. The molecule has 1 aromatic carbocycles. The van der Waals surface area contributed by atoms with E-state index in [1.165, 1.54) is 0 Å². The summed E-state index contributed by atoms with van der Waals surface area (Å²) in [5, 5.41) is 0. The second-order valence-corrected chi connectivity index (χ2v) is 12.6. The minimum Gasteiger partial charge on any atom is -0.465 e. The van der Waals surface area contributed by atoms with E-state index in [0.29, 0.717) is 89.2 Å². The second kappa shape index (κ2) is 22.3. The third-order valence-corrected chi connectivity index (χ3v) is 8.95. The van der Waals surface area contributed by atoms with E-state index in [9.17, 15) is 28.8 Å². The molecular formula is C38H50O12. The maximum absolute atomic E-state index is 12.8. The number of hydrogen-bond donors (Lipinski definition) is 0. The zero-order chi connectivity index (χ0) is 36.1. The van der Waals surface area contributed by atoms with Gasteiger partial charge in [-0.1, -0.05) is 25.3 Å². The maximum atomic E-state index is 12.8. The van der Waals surface area contributed by atoms with Crippen LogP contribution in [0.3, 0.4) is 0 Å². The Kier molecular flexibility index (Phi) is 17.8. The molecule has 0 heterocycles. The molecule has 0 aromatic heterocycles. The summed E-state index contributed by atoms with van der Waals surface area (Å²) in [6.07, 6.45) is 9.57. The highest BCUT2D eigenvalue weighted by molar-refractivity contribution is 5.81. The van der Waals surface area contributed by atoms with Crippen molar-refractivity contribution in [1.29, 1.82) is 0 Å². The van der Waals surface area contributed by atoms with Crippen molar-refractivity contribution < 1.29 is 57.2 Å². The van der Waals surface area contributed by atoms with Crippen molar-refractivity contribution in [2.24, 2.45) is 23.7 Å². The molecule has 50 heavy (non-hydrogen) atoms. The van der Waals surface area contributed by atoms with Gasteiger partial charge in [0.25, 0.3) is 0 Å². The van der Waals surface area contributed by atoms with Crippen LogP contribution in [-0.4, -0.2) is 68.9 Å². The average Bonchev–Trinajstić information content (AvgIpc) is 3.14. The van der Waals surface area contributed by atoms with E-state index in [1.54, 1.807) is 12.1 Å². The average molecular weight is 699 g/mol. The molecule has 0 atom stereocenters. The number of benzene rings is 1. The van der Waals surface area contributed by atoms with Gasteiger partial charge < -0.3 is 28.4 Å². The normalized spacial score (nSPS) is 20.0. The molecule has 0 unspecified atom stereocenters. The van der Waals surface area contributed by atoms with Crippen molar-refractivity contribution in [3.05, 3.63) is 55.1 Å². The molecule has 2 aliphatic carbocycles. The predicted octanol–water partition coefficient (Wildman–Crippen LogP) is 5.40. The van der Waals surface area contributed by atoms with E-state index >= 15 is 0 Å². The van der Waals surface area contributed by atoms with Crippen LogP contribution in [0.15, 0.2) is 49.6 Å². The topological polar surface area (TPSA) is 158 Å². The number of unbranched alkanes of at least 4 members (excludes halogenated alkanes) is 2. The summed E-state index contributed by atoms with van der Waals surface area (Å²) in [7, 11) is 0. The largest absolute Gasteiger partial charge is 0.465 e. The Morgan fingerprint density at radius 3 is 1.22 bits per heavy atom. The van der Waals surface area contributed by atoms with Gasteiger partial charge in [-0.15, -0.1) is 0 Å². The molecule has 0 radical (unpaired) electrons. The number of ether oxygens (including phenoxy) is 6. The smallest absolute Gasteiger partial charge is 0.330 e. The molecule has 2 fully saturated rings. The lowest BCUT2D eigenvalue weighted by atomic mass is 9.82. The zero-order valence-corrected chi connectivity index (χ0v) is 28.8. The monoisotopic (exact) mass is 698 g/mol. The predicted molar refractivity (Wildman–Crippen MR) is 180 cm³/mol. The number of rotatable bonds is 20. The Bertz CT molecular complexity index is 1290. The van der Waals surface area contributed by atoms with Crippen molar-refractivity contribution in [3.63, 3.8) is 0 Å². The van der Waals surface area contributed by atoms with E-state index in [2.05, 4.69) is 13.2 Å². The van der Waals surface area contributed by atoms with Crippen LogP contribution in [0.4, 0.5) is 0 Å². The Morgan fingerprint density at radius 1 is 0.500 bits per heavy atom. The van der Waals surface area contributed by atoms with Gasteiger partial charge in [-0.2, -0.15) is 0 Å². The van der Waals surface area contributed by atoms with Gasteiger partial charge in [-0.3, -0.25) is 19.2 Å². The summed E-state index contributed by atoms with van der Waals surface area (Å²) in [6, 6.07) is 7.09. The first-order valence-electron chi connectivity index (χ1n) is 17.6. The number of hydrogen-bond acceptors (Lipinski definition) is 12. The molecule has 1 aromatic rings. The van der Waals surface area contributed by atoms with Gasteiger partial charge in [0.1, 0.15) is 5.75 Å². The number of carbonyl (C=O) groups excluding carboxylic acids is 6. The molecule has 0 amide bonds. The quantitative estimate of drug-likeness (QED) is 0.0563. The first kappa shape index (κ1) is 40.0. The van der Waals surface area contributed by atoms with E-state index in [1.807, 2.05) is 12.1 Å². The molecule has 0 N–H and O–H groups in total. The fourth-order valence-corrected chi connectivity index (χ4v) is 5.89. The summed E-state index contributed by atoms with van der Waals surface area (Å²) in [4.78, 5) is 72.2. The summed E-state index contributed by atoms with van der Waals surface area (Å²) in [6.45, 7) is 7.91. The Morgan fingerprint density at radius 2 is 0.840 bits per heavy atom. The summed E-state index contributed by atoms with van der Waals surface area (Å²) >= 11 is 0. The van der Waals surface area contributed by atoms with Gasteiger partial charge in [-0.25, -0.2) is 9.59 Å². The second-order valence-electron chi connectivity index (χ2n) is 12.6. The lowest BCUT2D eigenvalue weighted by molar-refractivity contribution is -0.155. The van der Waals surface area contributed by atoms with Gasteiger partial charge in [0.05, 0.1) is 56.7 Å². The van der Waals surface area contributed by atoms with Crippen LogP contribution in [0.2, 0.25) is 0 Å². The molecule has 0 aliphatic heterocycles. The molecule has 0 bridgehead atoms. The van der Waals surface area contributed by atoms with Crippen LogP contribution in [0.1, 0.15) is 82.6 Å². The van der Waals surface area contributed by atoms with Crippen LogP contribution in [-0.2, 0) is 58.9 Å². The third-order valence-electron chi connectivity index (χ3n) is 8.95. The summed E-state index contributed by atoms with van der Waals surface area (Å²) in [5.41, 5.74) is 0.930. The molecular weight excluding hydrogens is 648 g/mol. The fraction of sp³-hybridized carbons (Fsp3) is 0.579. The van der Waals surface area contributed by atoms with E-state index in [0.717, 1.165) is 17.7 Å². The summed E-state index contributed by atoms with van der Waals surface area (Å²) < 4.78 is 31.6. The molecule has 274 valence electrons. The van der Waals surface area contributed by atoms with Crippen LogP contribution in [0.25, 0.3) is 0 Å². The van der Waals surface area contributed by atoms with Gasteiger partial charge in [0.2, 0.25) is 0 Å². The van der Waals surface area contributed by atoms with Gasteiger partial charge in [-0.05, 0) is 94.7 Å². The molecule has 3 rings (SSSR count). The highest BCUT2D eigenvalue weighted by Gasteiger charge is 2.33. The maximum Gasteiger partial charge on any atom is 0.330 e. The fourth-order valence-electron chi connectivity index (χ4n) is 5.89. The molecule has 0 saturated heterocycles. The van der Waals surface area contributed by atoms with Gasteiger partial charge >= 0.3 is 35.8 Å². The van der Waals surface area contributed by atoms with Crippen molar-refractivity contribution in [2.45, 2.75) is 83.5 Å². The van der Waals surface area contributed by atoms with Gasteiger partial charge in [0, 0.05) is 18.6 Å². The first-order chi connectivity index (χ1) is 24.2. The third kappa shape index (κ3) is 14.6. The van der Waals surface area contributed by atoms with E-state index in [4.69, 9.17) is 28.4 Å². The Hall–Kier alpha value is -4.48. The van der Waals surface area contributed by atoms with Gasteiger partial charge in [0.15, 0.2) is 0 Å². The number of esters is 6. The highest BCUT2D eigenvalue weighted by Crippen LogP contribution is 2.32. The van der Waals surface area contributed by atoms with Crippen LogP contribution < -0.4 is 4.74 Å². The van der Waals surface area contributed by atoms with Crippen molar-refractivity contribution in [3.8, 4) is 5.75 Å². The zero-order valence-electron chi connectivity index (χ0n) is 28.8. The van der Waals surface area contributed by atoms with Crippen molar-refractivity contribution in [1.82, 2.24) is 0 Å². The SMILES string of the molecule is C=CC(=O)OCCCCOC(=O)C1CCC(C(=O)OCCc2ccc(OC(=O)C3CCC(C(=O)OCCCCOC(=O)C=C)CC3)cc2)CC1. The van der Waals surface area contributed by atoms with Crippen LogP contribution in [0.5, 0.6) is 5.75 Å². The minimum absolute atomic E-state index is 0.221. The standard InChI is InChI=1S/C38H50O12/c1-3-33(39)45-22-5-7-24-47-35(41)28-11-13-30(14-12-28)37(43)49-26-21-27-9-19-32(20-10-27)50-38(44)31-17-15-29(16-18-31)36(42)48-25-8-6-23-46-34(40)4-2/h3-4,9-10,19-20,28-31H,1-2,5-8,11-18,21-26H2. The molecule has 12 nitrogen and oxygen atoms in total. The van der Waals surface area contributed by atoms with Crippen molar-refractivity contribution in [2.75, 3.05) is 33.0 Å². The summed E-state index contributed by atoms with van der Waals surface area (Å²) in [5.74, 6) is -2.61. The molecule has 0 spiro atoms. The van der Waals surface area contributed by atoms with E-state index < -0.39 is 11.9 Å². The molecule has 2 saturated carbocycles. The highest BCUT2D eigenvalue weighted by atomic mass is 16.6. The molecule has 12 heteroatoms. The molecule has 2 aliphatic rings. The lowest BCUT2D eigenvalue weighted by Gasteiger charge is -2.26. The van der Waals surface area contributed by atoms with Crippen LogP contribution >= 0.6 is 0 Å². The Balaban J connectivity index is 1.24. The minimum atomic E-state index is -0.475. The van der Waals surface area contributed by atoms with E-state index in [-0.39, 0.29) is 80.6 Å². The van der Waals surface area contributed by atoms with Crippen molar-refractivity contribution >= 4 is 35.8 Å². The lowest BCUT2D eigenvalue weighted by Crippen LogP contribution is -2.29.